The van der Waals surface area contributed by atoms with E-state index in [-0.39, 0.29) is 18.5 Å². The van der Waals surface area contributed by atoms with E-state index in [1.54, 1.807) is 6.20 Å². The van der Waals surface area contributed by atoms with Crippen LogP contribution in [0.25, 0.3) is 11.5 Å². The summed E-state index contributed by atoms with van der Waals surface area (Å²) < 4.78 is 7.03. The van der Waals surface area contributed by atoms with Crippen molar-refractivity contribution in [2.75, 3.05) is 18.0 Å². The zero-order valence-corrected chi connectivity index (χ0v) is 13.6. The third kappa shape index (κ3) is 3.29. The van der Waals surface area contributed by atoms with Crippen molar-refractivity contribution in [1.29, 1.82) is 0 Å². The van der Waals surface area contributed by atoms with Gasteiger partial charge in [-0.3, -0.25) is 4.79 Å². The summed E-state index contributed by atoms with van der Waals surface area (Å²) in [4.78, 5) is 21.5. The van der Waals surface area contributed by atoms with Crippen LogP contribution in [0, 0.1) is 0 Å². The summed E-state index contributed by atoms with van der Waals surface area (Å²) in [5, 5.41) is 19.8. The number of anilines is 1. The standard InChI is InChI=1S/C16H15N7O3/c24-15(25)10-23-16(19-20-21-23)13-6-18-14(7-17-13)22-8-12(9-22)26-11-4-2-1-3-5-11/h1-7,12H,8-10H2,(H,24,25). The van der Waals surface area contributed by atoms with Crippen LogP contribution in [0.5, 0.6) is 5.75 Å². The van der Waals surface area contributed by atoms with Crippen LogP contribution in [0.15, 0.2) is 42.7 Å². The Morgan fingerprint density at radius 2 is 2.00 bits per heavy atom. The molecule has 1 fully saturated rings. The Morgan fingerprint density at radius 3 is 2.69 bits per heavy atom. The van der Waals surface area contributed by atoms with E-state index in [0.717, 1.165) is 24.7 Å². The topological polar surface area (TPSA) is 119 Å². The number of aliphatic carboxylic acids is 1. The molecule has 10 heteroatoms. The lowest BCUT2D eigenvalue weighted by molar-refractivity contribution is -0.137. The summed E-state index contributed by atoms with van der Waals surface area (Å²) in [6, 6.07) is 9.68. The van der Waals surface area contributed by atoms with E-state index in [4.69, 9.17) is 9.84 Å². The molecule has 1 aliphatic rings. The molecule has 4 rings (SSSR count). The Bertz CT molecular complexity index is 892. The third-order valence-corrected chi connectivity index (χ3v) is 3.90. The second-order valence-corrected chi connectivity index (χ2v) is 5.77. The van der Waals surface area contributed by atoms with Crippen LogP contribution in [0.2, 0.25) is 0 Å². The number of aromatic nitrogens is 6. The number of carbonyl (C=O) groups is 1. The van der Waals surface area contributed by atoms with E-state index in [9.17, 15) is 4.79 Å². The van der Waals surface area contributed by atoms with Crippen LogP contribution in [-0.2, 0) is 11.3 Å². The lowest BCUT2D eigenvalue weighted by Gasteiger charge is -2.39. The number of benzene rings is 1. The first-order chi connectivity index (χ1) is 12.7. The number of para-hydroxylation sites is 1. The van der Waals surface area contributed by atoms with Gasteiger partial charge in [0.1, 0.15) is 29.9 Å². The lowest BCUT2D eigenvalue weighted by Crippen LogP contribution is -2.54. The summed E-state index contributed by atoms with van der Waals surface area (Å²) >= 11 is 0. The summed E-state index contributed by atoms with van der Waals surface area (Å²) in [7, 11) is 0. The SMILES string of the molecule is O=C(O)Cn1nnnc1-c1cnc(N2CC(Oc3ccccc3)C2)cn1. The van der Waals surface area contributed by atoms with Crippen LogP contribution in [0.3, 0.4) is 0 Å². The number of tetrazole rings is 1. The van der Waals surface area contributed by atoms with Crippen molar-refractivity contribution >= 4 is 11.8 Å². The van der Waals surface area contributed by atoms with Crippen molar-refractivity contribution in [1.82, 2.24) is 30.2 Å². The minimum Gasteiger partial charge on any atom is -0.487 e. The molecule has 3 aromatic rings. The lowest BCUT2D eigenvalue weighted by atomic mass is 10.1. The largest absolute Gasteiger partial charge is 0.487 e. The zero-order chi connectivity index (χ0) is 17.9. The maximum atomic E-state index is 10.8. The van der Waals surface area contributed by atoms with Gasteiger partial charge in [0.05, 0.1) is 25.5 Å². The zero-order valence-electron chi connectivity index (χ0n) is 13.6. The molecule has 0 spiro atoms. The van der Waals surface area contributed by atoms with Crippen LogP contribution in [-0.4, -0.2) is 60.4 Å². The summed E-state index contributed by atoms with van der Waals surface area (Å²) in [5.74, 6) is 0.802. The number of carboxylic acid groups (broad SMARTS) is 1. The van der Waals surface area contributed by atoms with Gasteiger partial charge in [0.25, 0.3) is 0 Å². The number of ether oxygens (including phenoxy) is 1. The molecule has 0 bridgehead atoms. The first kappa shape index (κ1) is 15.9. The molecule has 3 heterocycles. The normalized spacial score (nSPS) is 14.1. The fourth-order valence-electron chi connectivity index (χ4n) is 2.61. The maximum absolute atomic E-state index is 10.8. The molecule has 2 aromatic heterocycles. The van der Waals surface area contributed by atoms with E-state index in [1.807, 2.05) is 35.2 Å². The number of hydrogen-bond donors (Lipinski definition) is 1. The molecular formula is C16H15N7O3. The third-order valence-electron chi connectivity index (χ3n) is 3.90. The van der Waals surface area contributed by atoms with Crippen molar-refractivity contribution < 1.29 is 14.6 Å². The number of carboxylic acids is 1. The van der Waals surface area contributed by atoms with Gasteiger partial charge in [0, 0.05) is 0 Å². The second-order valence-electron chi connectivity index (χ2n) is 5.77. The molecule has 0 saturated carbocycles. The Labute approximate surface area is 148 Å². The summed E-state index contributed by atoms with van der Waals surface area (Å²) in [6.07, 6.45) is 3.26. The van der Waals surface area contributed by atoms with Crippen LogP contribution < -0.4 is 9.64 Å². The first-order valence-corrected chi connectivity index (χ1v) is 7.96. The van der Waals surface area contributed by atoms with Crippen molar-refractivity contribution in [2.24, 2.45) is 0 Å². The molecule has 1 saturated heterocycles. The van der Waals surface area contributed by atoms with Gasteiger partial charge in [0.15, 0.2) is 0 Å². The molecule has 0 amide bonds. The molecule has 0 atom stereocenters. The highest BCUT2D eigenvalue weighted by Crippen LogP contribution is 2.23. The Kier molecular flexibility index (Phi) is 4.14. The van der Waals surface area contributed by atoms with Gasteiger partial charge in [-0.1, -0.05) is 18.2 Å². The van der Waals surface area contributed by atoms with Gasteiger partial charge in [0.2, 0.25) is 5.82 Å². The highest BCUT2D eigenvalue weighted by atomic mass is 16.5. The second kappa shape index (κ2) is 6.75. The molecule has 1 N–H and O–H groups in total. The quantitative estimate of drug-likeness (QED) is 0.675. The molecule has 0 radical (unpaired) electrons. The molecule has 10 nitrogen and oxygen atoms in total. The van der Waals surface area contributed by atoms with Crippen molar-refractivity contribution in [3.05, 3.63) is 42.7 Å². The predicted molar refractivity (Wildman–Crippen MR) is 89.5 cm³/mol. The van der Waals surface area contributed by atoms with E-state index < -0.39 is 5.97 Å². The maximum Gasteiger partial charge on any atom is 0.325 e. The molecule has 0 unspecified atom stereocenters. The van der Waals surface area contributed by atoms with Crippen LogP contribution in [0.4, 0.5) is 5.82 Å². The highest BCUT2D eigenvalue weighted by molar-refractivity contribution is 5.67. The van der Waals surface area contributed by atoms with E-state index >= 15 is 0 Å². The first-order valence-electron chi connectivity index (χ1n) is 7.96. The van der Waals surface area contributed by atoms with Gasteiger partial charge < -0.3 is 14.7 Å². The Balaban J connectivity index is 1.39. The number of rotatable bonds is 6. The summed E-state index contributed by atoms with van der Waals surface area (Å²) in [6.45, 7) is 1.11. The smallest absolute Gasteiger partial charge is 0.325 e. The number of hydrogen-bond acceptors (Lipinski definition) is 8. The fraction of sp³-hybridized carbons (Fsp3) is 0.250. The molecule has 1 aromatic carbocycles. The van der Waals surface area contributed by atoms with E-state index in [0.29, 0.717) is 5.69 Å². The van der Waals surface area contributed by atoms with Gasteiger partial charge in [-0.2, -0.15) is 0 Å². The Morgan fingerprint density at radius 1 is 1.19 bits per heavy atom. The fourth-order valence-corrected chi connectivity index (χ4v) is 2.61. The highest BCUT2D eigenvalue weighted by Gasteiger charge is 2.29. The van der Waals surface area contributed by atoms with E-state index in [2.05, 4.69) is 25.5 Å². The Hall–Kier alpha value is -3.56. The van der Waals surface area contributed by atoms with E-state index in [1.165, 1.54) is 10.9 Å². The van der Waals surface area contributed by atoms with Gasteiger partial charge in [-0.05, 0) is 22.6 Å². The predicted octanol–water partition coefficient (Wildman–Crippen LogP) is 0.482. The van der Waals surface area contributed by atoms with Crippen molar-refractivity contribution in [3.63, 3.8) is 0 Å². The molecule has 132 valence electrons. The molecule has 1 aliphatic heterocycles. The minimum absolute atomic E-state index is 0.113. The van der Waals surface area contributed by atoms with Crippen molar-refractivity contribution in [3.8, 4) is 17.3 Å². The molecule has 26 heavy (non-hydrogen) atoms. The van der Waals surface area contributed by atoms with Crippen molar-refractivity contribution in [2.45, 2.75) is 12.6 Å². The van der Waals surface area contributed by atoms with Crippen LogP contribution in [0.1, 0.15) is 0 Å². The molecular weight excluding hydrogens is 338 g/mol. The molecule has 0 aliphatic carbocycles. The average molecular weight is 353 g/mol. The van der Waals surface area contributed by atoms with Gasteiger partial charge >= 0.3 is 5.97 Å². The average Bonchev–Trinajstić information content (AvgIpc) is 3.06. The van der Waals surface area contributed by atoms with Gasteiger partial charge in [-0.25, -0.2) is 14.6 Å². The van der Waals surface area contributed by atoms with Crippen LogP contribution >= 0.6 is 0 Å². The monoisotopic (exact) mass is 353 g/mol. The number of nitrogens with zero attached hydrogens (tertiary/aromatic N) is 7. The van der Waals surface area contributed by atoms with Gasteiger partial charge in [-0.15, -0.1) is 5.10 Å². The summed E-state index contributed by atoms with van der Waals surface area (Å²) in [5.41, 5.74) is 0.414. The minimum atomic E-state index is -1.03.